The van der Waals surface area contributed by atoms with Gasteiger partial charge in [-0.1, -0.05) is 11.6 Å². The molecule has 0 spiro atoms. The van der Waals surface area contributed by atoms with Crippen molar-refractivity contribution in [3.05, 3.63) is 34.4 Å². The minimum atomic E-state index is -0.878. The van der Waals surface area contributed by atoms with Crippen LogP contribution in [0.3, 0.4) is 0 Å². The van der Waals surface area contributed by atoms with Gasteiger partial charge in [-0.25, -0.2) is 0 Å². The number of nitrogens with zero attached hydrogens (tertiary/aromatic N) is 1. The molecule has 0 atom stereocenters. The summed E-state index contributed by atoms with van der Waals surface area (Å²) in [5.41, 5.74) is 0.0160. The zero-order chi connectivity index (χ0) is 11.4. The molecule has 1 N–H and O–H groups in total. The molecule has 0 aliphatic heterocycles. The first-order chi connectivity index (χ1) is 7.04. The Morgan fingerprint density at radius 3 is 2.73 bits per heavy atom. The molecule has 0 amide bonds. The summed E-state index contributed by atoms with van der Waals surface area (Å²) in [5, 5.41) is 17.5. The Balaban J connectivity index is 3.23. The molecular formula is C10H5Cl2NO2. The number of allylic oxidation sites excluding steroid dienone is 1. The lowest BCUT2D eigenvalue weighted by Gasteiger charge is -1.99. The smallest absolute Gasteiger partial charge is 0.262 e. The van der Waals surface area contributed by atoms with E-state index in [4.69, 9.17) is 28.5 Å². The van der Waals surface area contributed by atoms with E-state index in [9.17, 15) is 9.90 Å². The highest BCUT2D eigenvalue weighted by Crippen LogP contribution is 2.24. The van der Waals surface area contributed by atoms with Crippen molar-refractivity contribution < 1.29 is 9.90 Å². The molecule has 0 saturated carbocycles. The second kappa shape index (κ2) is 4.83. The van der Waals surface area contributed by atoms with Crippen LogP contribution in [0.4, 0.5) is 0 Å². The van der Waals surface area contributed by atoms with E-state index in [0.29, 0.717) is 5.02 Å². The van der Waals surface area contributed by atoms with Crippen molar-refractivity contribution in [2.24, 2.45) is 0 Å². The van der Waals surface area contributed by atoms with E-state index < -0.39 is 5.24 Å². The molecule has 0 bridgehead atoms. The molecule has 76 valence electrons. The van der Waals surface area contributed by atoms with Gasteiger partial charge in [0.25, 0.3) is 5.24 Å². The molecule has 15 heavy (non-hydrogen) atoms. The standard InChI is InChI=1S/C10H5Cl2NO2/c11-8-1-2-9(14)6(4-8)3-7(5-13)10(12)15/h1-4,14H/b7-3-. The largest absolute Gasteiger partial charge is 0.507 e. The van der Waals surface area contributed by atoms with Crippen LogP contribution in [0, 0.1) is 11.3 Å². The van der Waals surface area contributed by atoms with Crippen molar-refractivity contribution in [1.82, 2.24) is 0 Å². The van der Waals surface area contributed by atoms with Gasteiger partial charge in [0.15, 0.2) is 0 Å². The highest BCUT2D eigenvalue weighted by Gasteiger charge is 2.07. The first-order valence-corrected chi connectivity index (χ1v) is 4.60. The molecule has 0 aliphatic rings. The lowest BCUT2D eigenvalue weighted by molar-refractivity contribution is -0.108. The molecule has 0 fully saturated rings. The van der Waals surface area contributed by atoms with E-state index in [-0.39, 0.29) is 16.9 Å². The van der Waals surface area contributed by atoms with Gasteiger partial charge in [-0.15, -0.1) is 0 Å². The Hall–Kier alpha value is -1.50. The molecule has 0 aromatic heterocycles. The van der Waals surface area contributed by atoms with Crippen molar-refractivity contribution in [2.75, 3.05) is 0 Å². The van der Waals surface area contributed by atoms with Crippen molar-refractivity contribution in [1.29, 1.82) is 5.26 Å². The number of aromatic hydroxyl groups is 1. The normalized spacial score (nSPS) is 10.9. The number of nitriles is 1. The first kappa shape index (κ1) is 11.6. The van der Waals surface area contributed by atoms with Gasteiger partial charge >= 0.3 is 0 Å². The summed E-state index contributed by atoms with van der Waals surface area (Å²) in [6.07, 6.45) is 1.18. The molecule has 0 heterocycles. The van der Waals surface area contributed by atoms with Gasteiger partial charge in [0.1, 0.15) is 17.4 Å². The highest BCUT2D eigenvalue weighted by molar-refractivity contribution is 6.68. The topological polar surface area (TPSA) is 61.1 Å². The van der Waals surface area contributed by atoms with Crippen LogP contribution in [0.15, 0.2) is 23.8 Å². The molecule has 0 aliphatic carbocycles. The summed E-state index contributed by atoms with van der Waals surface area (Å²) >= 11 is 10.8. The average Bonchev–Trinajstić information content (AvgIpc) is 2.18. The van der Waals surface area contributed by atoms with Gasteiger partial charge in [-0.2, -0.15) is 5.26 Å². The lowest BCUT2D eigenvalue weighted by atomic mass is 10.1. The zero-order valence-corrected chi connectivity index (χ0v) is 8.88. The van der Waals surface area contributed by atoms with Crippen molar-refractivity contribution in [3.63, 3.8) is 0 Å². The van der Waals surface area contributed by atoms with Crippen molar-refractivity contribution >= 4 is 34.5 Å². The monoisotopic (exact) mass is 241 g/mol. The fourth-order valence-corrected chi connectivity index (χ4v) is 1.21. The summed E-state index contributed by atoms with van der Waals surface area (Å²) in [6.45, 7) is 0. The fraction of sp³-hybridized carbons (Fsp3) is 0. The van der Waals surface area contributed by atoms with Crippen LogP contribution in [-0.4, -0.2) is 10.3 Å². The maximum atomic E-state index is 10.7. The van der Waals surface area contributed by atoms with Crippen LogP contribution in [0.1, 0.15) is 5.56 Å². The molecule has 1 aromatic carbocycles. The number of carbonyl (C=O) groups is 1. The van der Waals surface area contributed by atoms with E-state index in [1.54, 1.807) is 6.07 Å². The van der Waals surface area contributed by atoms with Crippen molar-refractivity contribution in [3.8, 4) is 11.8 Å². The summed E-state index contributed by atoms with van der Waals surface area (Å²) in [6, 6.07) is 5.90. The molecule has 0 radical (unpaired) electrons. The number of phenolic OH excluding ortho intramolecular Hbond substituents is 1. The predicted molar refractivity (Wildman–Crippen MR) is 57.6 cm³/mol. The summed E-state index contributed by atoms with van der Waals surface area (Å²) < 4.78 is 0. The minimum absolute atomic E-state index is 0.0786. The SMILES string of the molecule is N#C/C(=C/c1cc(Cl)ccc1O)C(=O)Cl. The van der Waals surface area contributed by atoms with Crippen LogP contribution in [0.2, 0.25) is 5.02 Å². The van der Waals surface area contributed by atoms with E-state index in [0.717, 1.165) is 0 Å². The Morgan fingerprint density at radius 2 is 2.20 bits per heavy atom. The number of carbonyl (C=O) groups excluding carboxylic acids is 1. The Bertz CT molecular complexity index is 475. The predicted octanol–water partition coefficient (Wildman–Crippen LogP) is 2.72. The van der Waals surface area contributed by atoms with Crippen molar-refractivity contribution in [2.45, 2.75) is 0 Å². The Labute approximate surface area is 96.2 Å². The molecule has 5 heteroatoms. The maximum absolute atomic E-state index is 10.7. The van der Waals surface area contributed by atoms with Crippen LogP contribution in [0.25, 0.3) is 6.08 Å². The minimum Gasteiger partial charge on any atom is -0.507 e. The summed E-state index contributed by atoms with van der Waals surface area (Å²) in [5.74, 6) is -0.0786. The molecule has 0 saturated heterocycles. The maximum Gasteiger partial charge on any atom is 0.262 e. The summed E-state index contributed by atoms with van der Waals surface area (Å²) in [4.78, 5) is 10.7. The molecule has 1 rings (SSSR count). The quantitative estimate of drug-likeness (QED) is 0.492. The Kier molecular flexibility index (Phi) is 3.73. The van der Waals surface area contributed by atoms with Crippen LogP contribution >= 0.6 is 23.2 Å². The molecule has 0 unspecified atom stereocenters. The second-order valence-corrected chi connectivity index (χ2v) is 3.43. The van der Waals surface area contributed by atoms with Crippen LogP contribution in [0.5, 0.6) is 5.75 Å². The molecular weight excluding hydrogens is 237 g/mol. The fourth-order valence-electron chi connectivity index (χ4n) is 0.929. The number of benzene rings is 1. The number of hydrogen-bond acceptors (Lipinski definition) is 3. The third-order valence-corrected chi connectivity index (χ3v) is 2.06. The van der Waals surface area contributed by atoms with Gasteiger partial charge < -0.3 is 5.11 Å². The van der Waals surface area contributed by atoms with E-state index in [2.05, 4.69) is 0 Å². The lowest BCUT2D eigenvalue weighted by Crippen LogP contribution is -1.89. The first-order valence-electron chi connectivity index (χ1n) is 3.84. The van der Waals surface area contributed by atoms with E-state index in [1.165, 1.54) is 24.3 Å². The number of rotatable bonds is 2. The van der Waals surface area contributed by atoms with E-state index >= 15 is 0 Å². The van der Waals surface area contributed by atoms with Crippen LogP contribution in [-0.2, 0) is 4.79 Å². The van der Waals surface area contributed by atoms with Gasteiger partial charge in [-0.3, -0.25) is 4.79 Å². The number of halogens is 2. The summed E-state index contributed by atoms with van der Waals surface area (Å²) in [7, 11) is 0. The third kappa shape index (κ3) is 2.98. The van der Waals surface area contributed by atoms with Crippen LogP contribution < -0.4 is 0 Å². The second-order valence-electron chi connectivity index (χ2n) is 2.65. The molecule has 1 aromatic rings. The molecule has 3 nitrogen and oxygen atoms in total. The van der Waals surface area contributed by atoms with Gasteiger partial charge in [0.2, 0.25) is 0 Å². The van der Waals surface area contributed by atoms with Gasteiger partial charge in [-0.05, 0) is 35.9 Å². The average molecular weight is 242 g/mol. The van der Waals surface area contributed by atoms with Gasteiger partial charge in [0, 0.05) is 10.6 Å². The zero-order valence-electron chi connectivity index (χ0n) is 7.37. The number of phenols is 1. The Morgan fingerprint density at radius 1 is 1.53 bits per heavy atom. The number of hydrogen-bond donors (Lipinski definition) is 1. The van der Waals surface area contributed by atoms with E-state index in [1.807, 2.05) is 0 Å². The van der Waals surface area contributed by atoms with Gasteiger partial charge in [0.05, 0.1) is 0 Å². The highest BCUT2D eigenvalue weighted by atomic mass is 35.5. The third-order valence-electron chi connectivity index (χ3n) is 1.62.